The zero-order chi connectivity index (χ0) is 28.6. The van der Waals surface area contributed by atoms with Crippen molar-refractivity contribution in [2.24, 2.45) is 0 Å². The number of carbonyl (C=O) groups is 3. The number of aliphatic hydroxyl groups is 1. The zero-order valence-electron chi connectivity index (χ0n) is 23.1. The second-order valence-corrected chi connectivity index (χ2v) is 12.1. The van der Waals surface area contributed by atoms with Crippen LogP contribution in [0.1, 0.15) is 43.9 Å². The van der Waals surface area contributed by atoms with E-state index in [2.05, 4.69) is 17.2 Å². The van der Waals surface area contributed by atoms with Gasteiger partial charge >= 0.3 is 6.09 Å². The number of nitrogens with one attached hydrogen (secondary N) is 2. The molecular weight excluding hydrogens is 514 g/mol. The summed E-state index contributed by atoms with van der Waals surface area (Å²) in [7, 11) is 0. The van der Waals surface area contributed by atoms with E-state index in [-0.39, 0.29) is 24.8 Å². The number of alkyl carbamates (subject to hydrolysis) is 1. The SMILES string of the molecule is C=C(C)CCOC(=O)N[C@@H](Cc1ccccc1)[C@H](O)C(=O)N1CSC(C)(C)[C@H]1C(=O)NCc1ccccc1C. The molecule has 3 N–H and O–H groups in total. The van der Waals surface area contributed by atoms with Gasteiger partial charge in [0.05, 0.1) is 18.5 Å². The van der Waals surface area contributed by atoms with Gasteiger partial charge in [0, 0.05) is 17.7 Å². The molecule has 8 nitrogen and oxygen atoms in total. The molecule has 1 saturated heterocycles. The number of carbonyl (C=O) groups excluding carboxylic acids is 3. The lowest BCUT2D eigenvalue weighted by atomic mass is 9.97. The molecule has 2 aromatic carbocycles. The lowest BCUT2D eigenvalue weighted by Gasteiger charge is -2.33. The van der Waals surface area contributed by atoms with E-state index in [9.17, 15) is 19.5 Å². The third-order valence-corrected chi connectivity index (χ3v) is 8.16. The van der Waals surface area contributed by atoms with Crippen LogP contribution in [0.25, 0.3) is 0 Å². The van der Waals surface area contributed by atoms with Crippen molar-refractivity contribution < 1.29 is 24.2 Å². The maximum Gasteiger partial charge on any atom is 0.407 e. The minimum Gasteiger partial charge on any atom is -0.449 e. The molecule has 0 saturated carbocycles. The Balaban J connectivity index is 1.75. The molecule has 3 rings (SSSR count). The highest BCUT2D eigenvalue weighted by Crippen LogP contribution is 2.40. The molecule has 39 heavy (non-hydrogen) atoms. The van der Waals surface area contributed by atoms with Gasteiger partial charge in [-0.25, -0.2) is 4.79 Å². The number of thioether (sulfide) groups is 1. The summed E-state index contributed by atoms with van der Waals surface area (Å²) in [5, 5.41) is 16.9. The van der Waals surface area contributed by atoms with Crippen molar-refractivity contribution in [3.63, 3.8) is 0 Å². The molecule has 1 aliphatic heterocycles. The van der Waals surface area contributed by atoms with Gasteiger partial charge in [0.1, 0.15) is 6.04 Å². The molecule has 9 heteroatoms. The summed E-state index contributed by atoms with van der Waals surface area (Å²) in [6.07, 6.45) is -1.59. The largest absolute Gasteiger partial charge is 0.449 e. The highest BCUT2D eigenvalue weighted by molar-refractivity contribution is 8.00. The lowest BCUT2D eigenvalue weighted by Crippen LogP contribution is -2.58. The summed E-state index contributed by atoms with van der Waals surface area (Å²) in [6.45, 7) is 11.9. The molecule has 0 aromatic heterocycles. The molecule has 210 valence electrons. The van der Waals surface area contributed by atoms with Gasteiger partial charge in [-0.1, -0.05) is 60.2 Å². The Kier molecular flexibility index (Phi) is 10.6. The predicted octanol–water partition coefficient (Wildman–Crippen LogP) is 3.96. The highest BCUT2D eigenvalue weighted by atomic mass is 32.2. The average Bonchev–Trinajstić information content (AvgIpc) is 3.22. The molecule has 0 radical (unpaired) electrons. The smallest absolute Gasteiger partial charge is 0.407 e. The van der Waals surface area contributed by atoms with Gasteiger partial charge in [0.2, 0.25) is 5.91 Å². The second-order valence-electron chi connectivity index (χ2n) is 10.5. The Labute approximate surface area is 235 Å². The van der Waals surface area contributed by atoms with Gasteiger partial charge < -0.3 is 25.4 Å². The summed E-state index contributed by atoms with van der Waals surface area (Å²) in [4.78, 5) is 41.0. The first-order valence-corrected chi connectivity index (χ1v) is 14.0. The van der Waals surface area contributed by atoms with Gasteiger partial charge in [0.15, 0.2) is 6.10 Å². The van der Waals surface area contributed by atoms with E-state index in [0.29, 0.717) is 13.0 Å². The first-order chi connectivity index (χ1) is 18.5. The summed E-state index contributed by atoms with van der Waals surface area (Å²) >= 11 is 1.47. The number of benzene rings is 2. The van der Waals surface area contributed by atoms with Crippen LogP contribution < -0.4 is 10.6 Å². The van der Waals surface area contributed by atoms with Gasteiger partial charge in [-0.15, -0.1) is 18.3 Å². The maximum absolute atomic E-state index is 13.7. The van der Waals surface area contributed by atoms with Crippen LogP contribution in [0.4, 0.5) is 4.79 Å². The van der Waals surface area contributed by atoms with E-state index in [4.69, 9.17) is 4.74 Å². The molecule has 0 bridgehead atoms. The molecule has 0 unspecified atom stereocenters. The highest BCUT2D eigenvalue weighted by Gasteiger charge is 2.49. The minimum atomic E-state index is -1.58. The van der Waals surface area contributed by atoms with Crippen LogP contribution in [-0.4, -0.2) is 63.3 Å². The standard InChI is InChI=1S/C30H39N3O5S/c1-20(2)15-16-38-29(37)32-24(17-22-12-7-6-8-13-22)25(34)28(36)33-19-39-30(4,5)26(33)27(35)31-18-23-14-10-9-11-21(23)3/h6-14,24-26,34H,1,15-19H2,2-5H3,(H,31,35)(H,32,37)/t24-,25-,26+/m0/s1. The third kappa shape index (κ3) is 8.34. The fourth-order valence-electron chi connectivity index (χ4n) is 4.46. The van der Waals surface area contributed by atoms with Gasteiger partial charge in [0.25, 0.3) is 5.91 Å². The summed E-state index contributed by atoms with van der Waals surface area (Å²) in [5.41, 5.74) is 3.76. The van der Waals surface area contributed by atoms with Gasteiger partial charge in [-0.05, 0) is 50.8 Å². The Bertz CT molecular complexity index is 1170. The Morgan fingerprint density at radius 2 is 1.82 bits per heavy atom. The minimum absolute atomic E-state index is 0.142. The average molecular weight is 554 g/mol. The van der Waals surface area contributed by atoms with Crippen LogP contribution in [0.15, 0.2) is 66.7 Å². The topological polar surface area (TPSA) is 108 Å². The van der Waals surface area contributed by atoms with Crippen molar-refractivity contribution in [3.05, 3.63) is 83.4 Å². The molecule has 1 fully saturated rings. The molecule has 0 aliphatic carbocycles. The summed E-state index contributed by atoms with van der Waals surface area (Å²) in [6, 6.07) is 15.3. The quantitative estimate of drug-likeness (QED) is 0.364. The molecule has 2 aromatic rings. The first kappa shape index (κ1) is 30.2. The number of hydrogen-bond donors (Lipinski definition) is 3. The number of nitrogens with zero attached hydrogens (tertiary/aromatic N) is 1. The Morgan fingerprint density at radius 1 is 1.15 bits per heavy atom. The maximum atomic E-state index is 13.7. The van der Waals surface area contributed by atoms with Crippen LogP contribution in [0.5, 0.6) is 0 Å². The van der Waals surface area contributed by atoms with Crippen molar-refractivity contribution >= 4 is 29.7 Å². The normalized spacial score (nSPS) is 17.7. The van der Waals surface area contributed by atoms with E-state index in [1.165, 1.54) is 16.7 Å². The molecular formula is C30H39N3O5S. The fourth-order valence-corrected chi connectivity index (χ4v) is 5.60. The monoisotopic (exact) mass is 553 g/mol. The van der Waals surface area contributed by atoms with Crippen molar-refractivity contribution in [2.75, 3.05) is 12.5 Å². The van der Waals surface area contributed by atoms with Crippen LogP contribution in [0.2, 0.25) is 0 Å². The predicted molar refractivity (Wildman–Crippen MR) is 154 cm³/mol. The van der Waals surface area contributed by atoms with Gasteiger partial charge in [-0.2, -0.15) is 0 Å². The number of hydrogen-bond acceptors (Lipinski definition) is 6. The number of aryl methyl sites for hydroxylation is 1. The fraction of sp³-hybridized carbons (Fsp3) is 0.433. The summed E-state index contributed by atoms with van der Waals surface area (Å²) in [5.74, 6) is -0.667. The molecule has 1 aliphatic rings. The number of aliphatic hydroxyl groups excluding tert-OH is 1. The Morgan fingerprint density at radius 3 is 2.49 bits per heavy atom. The molecule has 0 spiro atoms. The molecule has 3 amide bonds. The Hall–Kier alpha value is -3.30. The van der Waals surface area contributed by atoms with Crippen molar-refractivity contribution in [1.82, 2.24) is 15.5 Å². The first-order valence-electron chi connectivity index (χ1n) is 13.1. The van der Waals surface area contributed by atoms with Crippen LogP contribution in [0.3, 0.4) is 0 Å². The van der Waals surface area contributed by atoms with E-state index >= 15 is 0 Å². The van der Waals surface area contributed by atoms with E-state index < -0.39 is 34.9 Å². The van der Waals surface area contributed by atoms with E-state index in [0.717, 1.165) is 22.3 Å². The van der Waals surface area contributed by atoms with Crippen molar-refractivity contribution in [1.29, 1.82) is 0 Å². The van der Waals surface area contributed by atoms with E-state index in [1.807, 2.05) is 82.3 Å². The van der Waals surface area contributed by atoms with E-state index in [1.54, 1.807) is 0 Å². The van der Waals surface area contributed by atoms with Crippen LogP contribution >= 0.6 is 11.8 Å². The molecule has 3 atom stereocenters. The van der Waals surface area contributed by atoms with Gasteiger partial charge in [-0.3, -0.25) is 9.59 Å². The van der Waals surface area contributed by atoms with Crippen LogP contribution in [0, 0.1) is 6.92 Å². The third-order valence-electron chi connectivity index (χ3n) is 6.79. The number of ether oxygens (including phenoxy) is 1. The lowest BCUT2D eigenvalue weighted by molar-refractivity contribution is -0.147. The second kappa shape index (κ2) is 13.7. The van der Waals surface area contributed by atoms with Crippen molar-refractivity contribution in [3.8, 4) is 0 Å². The number of amides is 3. The zero-order valence-corrected chi connectivity index (χ0v) is 23.9. The van der Waals surface area contributed by atoms with Crippen LogP contribution in [-0.2, 0) is 27.3 Å². The van der Waals surface area contributed by atoms with Crippen molar-refractivity contribution in [2.45, 2.75) is 70.0 Å². The number of rotatable bonds is 11. The molecule has 1 heterocycles. The summed E-state index contributed by atoms with van der Waals surface area (Å²) < 4.78 is 4.66.